The number of ether oxygens (including phenoxy) is 1. The van der Waals surface area contributed by atoms with Crippen LogP contribution in [0, 0.1) is 23.2 Å². The van der Waals surface area contributed by atoms with Crippen molar-refractivity contribution in [2.75, 3.05) is 6.61 Å². The van der Waals surface area contributed by atoms with Gasteiger partial charge in [0.05, 0.1) is 18.3 Å². The topological polar surface area (TPSA) is 46.5 Å². The van der Waals surface area contributed by atoms with Crippen LogP contribution in [-0.4, -0.2) is 29.2 Å². The van der Waals surface area contributed by atoms with E-state index in [9.17, 15) is 9.90 Å². The van der Waals surface area contributed by atoms with Crippen molar-refractivity contribution in [1.29, 1.82) is 0 Å². The van der Waals surface area contributed by atoms with Gasteiger partial charge in [-0.05, 0) is 74.7 Å². The smallest absolute Gasteiger partial charge is 0.163 e. The van der Waals surface area contributed by atoms with Crippen LogP contribution < -0.4 is 0 Å². The summed E-state index contributed by atoms with van der Waals surface area (Å²) >= 11 is 0. The molecule has 4 aliphatic rings. The first kappa shape index (κ1) is 20.1. The molecule has 0 aromatic carbocycles. The Morgan fingerprint density at radius 3 is 2.75 bits per heavy atom. The van der Waals surface area contributed by atoms with Crippen LogP contribution in [-0.2, 0) is 9.53 Å². The van der Waals surface area contributed by atoms with Crippen molar-refractivity contribution in [2.24, 2.45) is 23.2 Å². The zero-order valence-corrected chi connectivity index (χ0v) is 18.2. The monoisotopic (exact) mass is 384 g/mol. The third-order valence-corrected chi connectivity index (χ3v) is 8.20. The molecule has 3 heteroatoms. The van der Waals surface area contributed by atoms with Gasteiger partial charge in [0.1, 0.15) is 0 Å². The van der Waals surface area contributed by atoms with Gasteiger partial charge in [-0.1, -0.05) is 44.1 Å². The van der Waals surface area contributed by atoms with Crippen molar-refractivity contribution in [1.82, 2.24) is 0 Å². The Labute approximate surface area is 169 Å². The van der Waals surface area contributed by atoms with E-state index in [4.69, 9.17) is 4.74 Å². The van der Waals surface area contributed by atoms with Crippen molar-refractivity contribution in [3.05, 3.63) is 34.4 Å². The molecule has 6 atom stereocenters. The molecule has 0 unspecified atom stereocenters. The highest BCUT2D eigenvalue weighted by Gasteiger charge is 2.61. The number of Topliss-reactive ketones (excluding diaryl/α,β-unsaturated/α-hetero) is 1. The van der Waals surface area contributed by atoms with E-state index in [0.29, 0.717) is 24.2 Å². The van der Waals surface area contributed by atoms with Gasteiger partial charge in [0, 0.05) is 12.0 Å². The van der Waals surface area contributed by atoms with Crippen LogP contribution in [0.25, 0.3) is 0 Å². The number of allylic oxidation sites excluding steroid dienone is 3. The second kappa shape index (κ2) is 6.95. The first-order chi connectivity index (χ1) is 13.2. The molecule has 0 amide bonds. The van der Waals surface area contributed by atoms with E-state index in [0.717, 1.165) is 43.3 Å². The number of carbonyl (C=O) groups excluding carboxylic acids is 1. The number of rotatable bonds is 2. The molecule has 0 aromatic rings. The molecule has 1 saturated heterocycles. The molecule has 2 fully saturated rings. The Balaban J connectivity index is 1.73. The number of hydrogen-bond acceptors (Lipinski definition) is 3. The first-order valence-corrected chi connectivity index (χ1v) is 11.1. The minimum atomic E-state index is -0.0770. The Morgan fingerprint density at radius 2 is 2.07 bits per heavy atom. The Bertz CT molecular complexity index is 769. The molecule has 3 nitrogen and oxygen atoms in total. The number of hydrogen-bond donors (Lipinski definition) is 1. The van der Waals surface area contributed by atoms with Crippen molar-refractivity contribution in [3.63, 3.8) is 0 Å². The summed E-state index contributed by atoms with van der Waals surface area (Å²) in [6, 6.07) is 0. The van der Waals surface area contributed by atoms with Crippen LogP contribution >= 0.6 is 0 Å². The van der Waals surface area contributed by atoms with Gasteiger partial charge in [0.15, 0.2) is 5.78 Å². The number of carbonyl (C=O) groups is 1. The van der Waals surface area contributed by atoms with Crippen LogP contribution in [0.15, 0.2) is 34.4 Å². The molecule has 4 rings (SSSR count). The molecule has 0 radical (unpaired) electrons. The summed E-state index contributed by atoms with van der Waals surface area (Å²) in [5, 5.41) is 10.0. The molecular formula is C25H36O3. The van der Waals surface area contributed by atoms with E-state index in [-0.39, 0.29) is 29.5 Å². The fourth-order valence-corrected chi connectivity index (χ4v) is 6.83. The van der Waals surface area contributed by atoms with E-state index in [1.165, 1.54) is 11.1 Å². The molecule has 1 spiro atoms. The van der Waals surface area contributed by atoms with Crippen LogP contribution in [0.2, 0.25) is 0 Å². The van der Waals surface area contributed by atoms with Crippen molar-refractivity contribution in [3.8, 4) is 0 Å². The van der Waals surface area contributed by atoms with Crippen LogP contribution in [0.4, 0.5) is 0 Å². The third-order valence-electron chi connectivity index (χ3n) is 8.20. The number of fused-ring (bicyclic) bond motifs is 2. The Morgan fingerprint density at radius 1 is 1.32 bits per heavy atom. The predicted octanol–water partition coefficient (Wildman–Crippen LogP) is 5.15. The average Bonchev–Trinajstić information content (AvgIpc) is 3.14. The van der Waals surface area contributed by atoms with Crippen LogP contribution in [0.1, 0.15) is 73.1 Å². The lowest BCUT2D eigenvalue weighted by atomic mass is 9.65. The highest BCUT2D eigenvalue weighted by atomic mass is 16.5. The highest BCUT2D eigenvalue weighted by Crippen LogP contribution is 2.63. The Kier molecular flexibility index (Phi) is 4.99. The zero-order valence-electron chi connectivity index (χ0n) is 18.2. The first-order valence-electron chi connectivity index (χ1n) is 11.1. The standard InChI is InChI=1S/C25H36O3/c1-15(2)10-19-12-17(4)25(28-19)9-8-24(5)13-20-16(3)11-21(27)23(20)18(14-26)6-7-22(24)25/h6,10,16-17,19,22,26H,7-9,11-14H2,1-5H3/t16-,17+,19+,22-,24-,25+/m1/s1. The molecule has 1 N–H and O–H groups in total. The Hall–Kier alpha value is -1.19. The summed E-state index contributed by atoms with van der Waals surface area (Å²) in [5.41, 5.74) is 4.42. The van der Waals surface area contributed by atoms with Gasteiger partial charge in [0.2, 0.25) is 0 Å². The van der Waals surface area contributed by atoms with E-state index in [2.05, 4.69) is 46.8 Å². The minimum absolute atomic E-state index is 0.0372. The number of aliphatic hydroxyl groups excluding tert-OH is 1. The highest BCUT2D eigenvalue weighted by molar-refractivity contribution is 6.03. The van der Waals surface area contributed by atoms with Crippen LogP contribution in [0.3, 0.4) is 0 Å². The summed E-state index contributed by atoms with van der Waals surface area (Å²) in [6.07, 6.45) is 10.5. The predicted molar refractivity (Wildman–Crippen MR) is 112 cm³/mol. The maximum Gasteiger partial charge on any atom is 0.163 e. The third kappa shape index (κ3) is 2.97. The van der Waals surface area contributed by atoms with Gasteiger partial charge in [-0.15, -0.1) is 0 Å². The largest absolute Gasteiger partial charge is 0.392 e. The summed E-state index contributed by atoms with van der Waals surface area (Å²) in [4.78, 5) is 12.7. The second-order valence-electron chi connectivity index (χ2n) is 10.4. The molecule has 3 aliphatic carbocycles. The molecule has 0 aromatic heterocycles. The summed E-state index contributed by atoms with van der Waals surface area (Å²) in [7, 11) is 0. The van der Waals surface area contributed by atoms with Crippen molar-refractivity contribution >= 4 is 5.78 Å². The lowest BCUT2D eigenvalue weighted by Gasteiger charge is -2.43. The summed E-state index contributed by atoms with van der Waals surface area (Å²) in [5.74, 6) is 1.49. The van der Waals surface area contributed by atoms with Crippen molar-refractivity contribution < 1.29 is 14.6 Å². The minimum Gasteiger partial charge on any atom is -0.392 e. The fraction of sp³-hybridized carbons (Fsp3) is 0.720. The molecule has 28 heavy (non-hydrogen) atoms. The molecule has 1 heterocycles. The van der Waals surface area contributed by atoms with E-state index < -0.39 is 0 Å². The summed E-state index contributed by atoms with van der Waals surface area (Å²) in [6.45, 7) is 11.2. The van der Waals surface area contributed by atoms with Crippen LogP contribution in [0.5, 0.6) is 0 Å². The molecule has 1 aliphatic heterocycles. The maximum atomic E-state index is 12.7. The van der Waals surface area contributed by atoms with Gasteiger partial charge in [-0.25, -0.2) is 0 Å². The quantitative estimate of drug-likeness (QED) is 0.670. The fourth-order valence-electron chi connectivity index (χ4n) is 6.83. The lowest BCUT2D eigenvalue weighted by molar-refractivity contribution is -0.115. The summed E-state index contributed by atoms with van der Waals surface area (Å²) < 4.78 is 6.84. The normalized spacial score (nSPS) is 42.9. The maximum absolute atomic E-state index is 12.7. The lowest BCUT2D eigenvalue weighted by Crippen LogP contribution is -2.43. The SMILES string of the molecule is CC(C)=C[C@H]1C[C@H](C)[C@]2(CC[C@]3(C)CC4=C(C(=O)C[C@H]4C)C(CO)=CC[C@H]32)O1. The van der Waals surface area contributed by atoms with E-state index >= 15 is 0 Å². The molecule has 154 valence electrons. The van der Waals surface area contributed by atoms with Gasteiger partial charge in [0.25, 0.3) is 0 Å². The molecular weight excluding hydrogens is 348 g/mol. The van der Waals surface area contributed by atoms with Gasteiger partial charge < -0.3 is 9.84 Å². The number of ketones is 1. The average molecular weight is 385 g/mol. The van der Waals surface area contributed by atoms with Gasteiger partial charge in [-0.2, -0.15) is 0 Å². The van der Waals surface area contributed by atoms with E-state index in [1.807, 2.05) is 0 Å². The second-order valence-corrected chi connectivity index (χ2v) is 10.4. The zero-order chi connectivity index (χ0) is 20.3. The van der Waals surface area contributed by atoms with Crippen molar-refractivity contribution in [2.45, 2.75) is 84.8 Å². The molecule has 0 bridgehead atoms. The van der Waals surface area contributed by atoms with E-state index in [1.54, 1.807) is 0 Å². The number of aliphatic hydroxyl groups is 1. The molecule has 1 saturated carbocycles. The van der Waals surface area contributed by atoms with Gasteiger partial charge >= 0.3 is 0 Å². The van der Waals surface area contributed by atoms with Gasteiger partial charge in [-0.3, -0.25) is 4.79 Å².